The van der Waals surface area contributed by atoms with Crippen molar-refractivity contribution in [2.24, 2.45) is 0 Å². The van der Waals surface area contributed by atoms with Crippen molar-refractivity contribution in [1.29, 1.82) is 5.26 Å². The van der Waals surface area contributed by atoms with E-state index in [1.165, 1.54) is 0 Å². The van der Waals surface area contributed by atoms with Crippen molar-refractivity contribution in [3.05, 3.63) is 65.5 Å². The number of thiophene rings is 1. The summed E-state index contributed by atoms with van der Waals surface area (Å²) in [6.45, 7) is 6.81. The molecule has 0 bridgehead atoms. The number of esters is 1. The van der Waals surface area contributed by atoms with Crippen LogP contribution < -0.4 is 4.74 Å². The smallest absolute Gasteiger partial charge is 0.320 e. The highest BCUT2D eigenvalue weighted by Crippen LogP contribution is 2.37. The standard InChI is InChI=1S/C26H28N2O3S/c1-26(2,3)31-25(29)18-28(4)13-14-30-23-12-11-19(16-22(23)24-10-7-15-32-24)21-9-6-5-8-20(21)17-27/h5-12,15-16H,13-14,18H2,1-4H3. The van der Waals surface area contributed by atoms with Gasteiger partial charge in [0.2, 0.25) is 0 Å². The van der Waals surface area contributed by atoms with Crippen LogP contribution in [0.5, 0.6) is 5.75 Å². The molecule has 0 amide bonds. The molecule has 0 aliphatic heterocycles. The van der Waals surface area contributed by atoms with E-state index in [0.717, 1.165) is 27.3 Å². The van der Waals surface area contributed by atoms with E-state index in [1.807, 2.05) is 80.6 Å². The molecular weight excluding hydrogens is 420 g/mol. The number of hydrogen-bond acceptors (Lipinski definition) is 6. The maximum absolute atomic E-state index is 12.0. The number of likely N-dealkylation sites (N-methyl/N-ethyl adjacent to an activating group) is 1. The quantitative estimate of drug-likeness (QED) is 0.419. The van der Waals surface area contributed by atoms with Crippen LogP contribution in [-0.4, -0.2) is 43.2 Å². The van der Waals surface area contributed by atoms with Crippen LogP contribution in [-0.2, 0) is 9.53 Å². The Bertz CT molecular complexity index is 1100. The number of carbonyl (C=O) groups is 1. The molecule has 6 heteroatoms. The monoisotopic (exact) mass is 448 g/mol. The Hall–Kier alpha value is -3.14. The van der Waals surface area contributed by atoms with Crippen LogP contribution in [0.15, 0.2) is 60.0 Å². The number of benzene rings is 2. The van der Waals surface area contributed by atoms with Crippen molar-refractivity contribution >= 4 is 17.3 Å². The van der Waals surface area contributed by atoms with Gasteiger partial charge in [-0.3, -0.25) is 9.69 Å². The molecule has 0 radical (unpaired) electrons. The van der Waals surface area contributed by atoms with Crippen molar-refractivity contribution in [2.75, 3.05) is 26.7 Å². The van der Waals surface area contributed by atoms with Crippen molar-refractivity contribution < 1.29 is 14.3 Å². The molecule has 0 spiro atoms. The molecule has 32 heavy (non-hydrogen) atoms. The van der Waals surface area contributed by atoms with Crippen LogP contribution in [0.3, 0.4) is 0 Å². The largest absolute Gasteiger partial charge is 0.492 e. The number of carbonyl (C=O) groups excluding carboxylic acids is 1. The van der Waals surface area contributed by atoms with Gasteiger partial charge in [0, 0.05) is 17.0 Å². The summed E-state index contributed by atoms with van der Waals surface area (Å²) in [6.07, 6.45) is 0. The highest BCUT2D eigenvalue weighted by atomic mass is 32.1. The van der Waals surface area contributed by atoms with Crippen LogP contribution in [0.2, 0.25) is 0 Å². The van der Waals surface area contributed by atoms with Crippen molar-refractivity contribution in [1.82, 2.24) is 4.90 Å². The normalized spacial score (nSPS) is 11.2. The molecule has 3 rings (SSSR count). The zero-order valence-electron chi connectivity index (χ0n) is 18.9. The second-order valence-corrected chi connectivity index (χ2v) is 9.47. The Morgan fingerprint density at radius 1 is 1.09 bits per heavy atom. The van der Waals surface area contributed by atoms with Crippen LogP contribution in [0.25, 0.3) is 21.6 Å². The van der Waals surface area contributed by atoms with Gasteiger partial charge in [0.1, 0.15) is 18.0 Å². The van der Waals surface area contributed by atoms with Crippen LogP contribution in [0.4, 0.5) is 0 Å². The third kappa shape index (κ3) is 6.43. The molecule has 0 fully saturated rings. The summed E-state index contributed by atoms with van der Waals surface area (Å²) in [5, 5.41) is 11.5. The van der Waals surface area contributed by atoms with Gasteiger partial charge in [-0.15, -0.1) is 11.3 Å². The minimum absolute atomic E-state index is 0.211. The zero-order chi connectivity index (χ0) is 23.1. The molecule has 0 unspecified atom stereocenters. The summed E-state index contributed by atoms with van der Waals surface area (Å²) in [6, 6.07) is 19.9. The van der Waals surface area contributed by atoms with E-state index in [0.29, 0.717) is 18.7 Å². The minimum atomic E-state index is -0.490. The van der Waals surface area contributed by atoms with Gasteiger partial charge in [-0.1, -0.05) is 30.3 Å². The lowest BCUT2D eigenvalue weighted by Crippen LogP contribution is -2.34. The first-order chi connectivity index (χ1) is 15.3. The summed E-state index contributed by atoms with van der Waals surface area (Å²) in [7, 11) is 1.87. The second-order valence-electron chi connectivity index (χ2n) is 8.52. The Labute approximate surface area is 193 Å². The van der Waals surface area contributed by atoms with Gasteiger partial charge in [0.25, 0.3) is 0 Å². The van der Waals surface area contributed by atoms with E-state index in [4.69, 9.17) is 9.47 Å². The van der Waals surface area contributed by atoms with E-state index < -0.39 is 5.60 Å². The second kappa shape index (κ2) is 10.4. The molecule has 0 N–H and O–H groups in total. The predicted molar refractivity (Wildman–Crippen MR) is 129 cm³/mol. The first-order valence-corrected chi connectivity index (χ1v) is 11.4. The van der Waals surface area contributed by atoms with Crippen LogP contribution in [0, 0.1) is 11.3 Å². The van der Waals surface area contributed by atoms with E-state index in [9.17, 15) is 10.1 Å². The van der Waals surface area contributed by atoms with Gasteiger partial charge in [-0.05, 0) is 68.6 Å². The van der Waals surface area contributed by atoms with Crippen LogP contribution >= 0.6 is 11.3 Å². The van der Waals surface area contributed by atoms with E-state index in [2.05, 4.69) is 18.2 Å². The SMILES string of the molecule is CN(CCOc1ccc(-c2ccccc2C#N)cc1-c1cccs1)CC(=O)OC(C)(C)C. The summed E-state index contributed by atoms with van der Waals surface area (Å²) >= 11 is 1.64. The first-order valence-electron chi connectivity index (χ1n) is 10.5. The highest BCUT2D eigenvalue weighted by Gasteiger charge is 2.18. The van der Waals surface area contributed by atoms with Gasteiger partial charge in [0.15, 0.2) is 0 Å². The minimum Gasteiger partial charge on any atom is -0.492 e. The van der Waals surface area contributed by atoms with Crippen molar-refractivity contribution in [3.8, 4) is 33.4 Å². The maximum atomic E-state index is 12.0. The molecule has 0 atom stereocenters. The third-order valence-electron chi connectivity index (χ3n) is 4.67. The summed E-state index contributed by atoms with van der Waals surface area (Å²) in [5.74, 6) is 0.524. The van der Waals surface area contributed by atoms with Gasteiger partial charge in [-0.25, -0.2) is 0 Å². The van der Waals surface area contributed by atoms with E-state index >= 15 is 0 Å². The number of nitrogens with zero attached hydrogens (tertiary/aromatic N) is 2. The van der Waals surface area contributed by atoms with E-state index in [1.54, 1.807) is 11.3 Å². The van der Waals surface area contributed by atoms with Gasteiger partial charge in [0.05, 0.1) is 18.2 Å². The first kappa shape index (κ1) is 23.5. The number of ether oxygens (including phenoxy) is 2. The molecule has 0 aliphatic carbocycles. The number of hydrogen-bond donors (Lipinski definition) is 0. The third-order valence-corrected chi connectivity index (χ3v) is 5.58. The fraction of sp³-hybridized carbons (Fsp3) is 0.308. The molecule has 3 aromatic rings. The molecular formula is C26H28N2O3S. The molecule has 0 saturated carbocycles. The van der Waals surface area contributed by atoms with Gasteiger partial charge >= 0.3 is 5.97 Å². The van der Waals surface area contributed by atoms with Gasteiger partial charge in [-0.2, -0.15) is 5.26 Å². The fourth-order valence-electron chi connectivity index (χ4n) is 3.26. The lowest BCUT2D eigenvalue weighted by atomic mass is 9.98. The fourth-order valence-corrected chi connectivity index (χ4v) is 4.01. The summed E-state index contributed by atoms with van der Waals surface area (Å²) in [4.78, 5) is 15.0. The topological polar surface area (TPSA) is 62.6 Å². The molecule has 1 heterocycles. The maximum Gasteiger partial charge on any atom is 0.320 e. The average molecular weight is 449 g/mol. The van der Waals surface area contributed by atoms with Crippen molar-refractivity contribution in [2.45, 2.75) is 26.4 Å². The number of nitriles is 1. The zero-order valence-corrected chi connectivity index (χ0v) is 19.7. The Kier molecular flexibility index (Phi) is 7.68. The molecule has 1 aromatic heterocycles. The Morgan fingerprint density at radius 2 is 1.88 bits per heavy atom. The molecule has 166 valence electrons. The Balaban J connectivity index is 1.73. The van der Waals surface area contributed by atoms with Gasteiger partial charge < -0.3 is 9.47 Å². The predicted octanol–water partition coefficient (Wildman–Crippen LogP) is 5.61. The summed E-state index contributed by atoms with van der Waals surface area (Å²) in [5.41, 5.74) is 3.01. The molecule has 5 nitrogen and oxygen atoms in total. The van der Waals surface area contributed by atoms with Crippen LogP contribution in [0.1, 0.15) is 26.3 Å². The lowest BCUT2D eigenvalue weighted by Gasteiger charge is -2.22. The Morgan fingerprint density at radius 3 is 2.56 bits per heavy atom. The molecule has 0 saturated heterocycles. The average Bonchev–Trinajstić information content (AvgIpc) is 3.27. The molecule has 2 aromatic carbocycles. The highest BCUT2D eigenvalue weighted by molar-refractivity contribution is 7.13. The summed E-state index contributed by atoms with van der Waals surface area (Å²) < 4.78 is 11.5. The van der Waals surface area contributed by atoms with E-state index in [-0.39, 0.29) is 12.5 Å². The lowest BCUT2D eigenvalue weighted by molar-refractivity contribution is -0.155. The number of rotatable bonds is 8. The molecule has 0 aliphatic rings. The van der Waals surface area contributed by atoms with Crippen molar-refractivity contribution in [3.63, 3.8) is 0 Å².